The Morgan fingerprint density at radius 2 is 2.03 bits per heavy atom. The molecule has 3 aromatic rings. The number of carbonyl (C=O) groups is 1. The van der Waals surface area contributed by atoms with Gasteiger partial charge in [0.25, 0.3) is 5.89 Å². The molecule has 2 heterocycles. The monoisotopic (exact) mass is 507 g/mol. The summed E-state index contributed by atoms with van der Waals surface area (Å²) in [6.45, 7) is 9.70. The first-order valence-corrected chi connectivity index (χ1v) is 12.2. The largest absolute Gasteiger partial charge is 0.489 e. The second kappa shape index (κ2) is 11.3. The van der Waals surface area contributed by atoms with Crippen molar-refractivity contribution in [2.24, 2.45) is 5.92 Å². The van der Waals surface area contributed by atoms with Crippen LogP contribution in [0.2, 0.25) is 5.02 Å². The van der Waals surface area contributed by atoms with Crippen molar-refractivity contribution in [1.82, 2.24) is 15.5 Å². The molecule has 0 aliphatic heterocycles. The summed E-state index contributed by atoms with van der Waals surface area (Å²) in [7, 11) is 0. The molecule has 1 amide bonds. The van der Waals surface area contributed by atoms with Crippen molar-refractivity contribution in [3.05, 3.63) is 38.7 Å². The van der Waals surface area contributed by atoms with E-state index in [0.29, 0.717) is 34.0 Å². The van der Waals surface area contributed by atoms with Crippen LogP contribution in [0.25, 0.3) is 22.2 Å². The third-order valence-electron chi connectivity index (χ3n) is 5.29. The molecule has 1 aromatic carbocycles. The number of amides is 1. The fourth-order valence-electron chi connectivity index (χ4n) is 3.60. The summed E-state index contributed by atoms with van der Waals surface area (Å²) in [5.74, 6) is 1.32. The van der Waals surface area contributed by atoms with Gasteiger partial charge >= 0.3 is 0 Å². The number of nitrogens with zero attached hydrogens (tertiary/aromatic N) is 2. The molecule has 3 rings (SSSR count). The molecular formula is C24H30ClN3O5S. The van der Waals surface area contributed by atoms with Gasteiger partial charge < -0.3 is 24.8 Å². The molecule has 0 aliphatic rings. The minimum Gasteiger partial charge on any atom is -0.489 e. The number of aliphatic hydroxyl groups excluding tert-OH is 2. The van der Waals surface area contributed by atoms with Gasteiger partial charge in [-0.2, -0.15) is 4.98 Å². The maximum atomic E-state index is 11.1. The standard InChI is InChI=1S/C24H30ClN3O5S/c1-12(2)6-18-14(4)22(34-15(18)5)24-27-23(28-33-24)16-7-13(3)21(19(25)8-16)32-11-17(30)9-26-20(31)10-29/h7-8,12,17,29-30H,6,9-11H2,1-5H3,(H,26,31)/t17-/m0/s1. The summed E-state index contributed by atoms with van der Waals surface area (Å²) in [5, 5.41) is 25.6. The van der Waals surface area contributed by atoms with Gasteiger partial charge in [0.15, 0.2) is 0 Å². The maximum Gasteiger partial charge on any atom is 0.268 e. The topological polar surface area (TPSA) is 118 Å². The molecule has 0 saturated heterocycles. The summed E-state index contributed by atoms with van der Waals surface area (Å²) in [6, 6.07) is 3.53. The quantitative estimate of drug-likeness (QED) is 0.378. The van der Waals surface area contributed by atoms with Crippen LogP contribution in [0, 0.1) is 26.7 Å². The second-order valence-electron chi connectivity index (χ2n) is 8.64. The Bertz CT molecular complexity index is 1130. The van der Waals surface area contributed by atoms with E-state index >= 15 is 0 Å². The highest BCUT2D eigenvalue weighted by Gasteiger charge is 2.21. The van der Waals surface area contributed by atoms with E-state index in [-0.39, 0.29) is 13.2 Å². The Morgan fingerprint density at radius 3 is 2.68 bits per heavy atom. The number of thiophene rings is 1. The smallest absolute Gasteiger partial charge is 0.268 e. The van der Waals surface area contributed by atoms with Crippen LogP contribution in [0.4, 0.5) is 0 Å². The lowest BCUT2D eigenvalue weighted by Crippen LogP contribution is -2.36. The van der Waals surface area contributed by atoms with Crippen molar-refractivity contribution in [2.75, 3.05) is 19.8 Å². The number of rotatable bonds is 10. The Hall–Kier alpha value is -2.46. The molecule has 3 N–H and O–H groups in total. The van der Waals surface area contributed by atoms with Gasteiger partial charge in [0, 0.05) is 17.0 Å². The van der Waals surface area contributed by atoms with E-state index < -0.39 is 18.6 Å². The highest BCUT2D eigenvalue weighted by molar-refractivity contribution is 7.15. The Kier molecular flexibility index (Phi) is 8.70. The molecule has 0 saturated carbocycles. The third-order valence-corrected chi connectivity index (χ3v) is 6.81. The van der Waals surface area contributed by atoms with Gasteiger partial charge in [-0.15, -0.1) is 11.3 Å². The Morgan fingerprint density at radius 1 is 1.29 bits per heavy atom. The zero-order valence-electron chi connectivity index (χ0n) is 19.9. The first-order valence-electron chi connectivity index (χ1n) is 11.0. The van der Waals surface area contributed by atoms with E-state index in [9.17, 15) is 9.90 Å². The fraction of sp³-hybridized carbons (Fsp3) is 0.458. The lowest BCUT2D eigenvalue weighted by Gasteiger charge is -2.16. The summed E-state index contributed by atoms with van der Waals surface area (Å²) < 4.78 is 11.3. The van der Waals surface area contributed by atoms with Gasteiger partial charge in [-0.25, -0.2) is 0 Å². The lowest BCUT2D eigenvalue weighted by molar-refractivity contribution is -0.124. The van der Waals surface area contributed by atoms with Crippen molar-refractivity contribution in [1.29, 1.82) is 0 Å². The molecule has 0 aliphatic carbocycles. The molecule has 1 atom stereocenters. The number of benzene rings is 1. The summed E-state index contributed by atoms with van der Waals surface area (Å²) in [5.41, 5.74) is 3.95. The molecule has 0 unspecified atom stereocenters. The average molecular weight is 508 g/mol. The SMILES string of the molecule is Cc1cc(-c2noc(-c3sc(C)c(CC(C)C)c3C)n2)cc(Cl)c1OC[C@@H](O)CNC(=O)CO. The molecule has 0 spiro atoms. The highest BCUT2D eigenvalue weighted by atomic mass is 35.5. The molecular weight excluding hydrogens is 478 g/mol. The zero-order valence-corrected chi connectivity index (χ0v) is 21.5. The van der Waals surface area contributed by atoms with Crippen LogP contribution < -0.4 is 10.1 Å². The first kappa shape index (κ1) is 26.2. The van der Waals surface area contributed by atoms with Crippen LogP contribution in [-0.4, -0.2) is 52.1 Å². The second-order valence-corrected chi connectivity index (χ2v) is 10.3. The fourth-order valence-corrected chi connectivity index (χ4v) is 5.04. The number of hydrogen-bond acceptors (Lipinski definition) is 8. The zero-order chi connectivity index (χ0) is 25.0. The van der Waals surface area contributed by atoms with E-state index in [2.05, 4.69) is 43.2 Å². The molecule has 184 valence electrons. The van der Waals surface area contributed by atoms with Gasteiger partial charge in [0.05, 0.1) is 9.90 Å². The summed E-state index contributed by atoms with van der Waals surface area (Å²) in [4.78, 5) is 17.9. The molecule has 34 heavy (non-hydrogen) atoms. The number of aryl methyl sites for hydroxylation is 2. The van der Waals surface area contributed by atoms with E-state index in [1.807, 2.05) is 13.0 Å². The van der Waals surface area contributed by atoms with E-state index in [1.165, 1.54) is 16.0 Å². The van der Waals surface area contributed by atoms with Crippen LogP contribution in [0.1, 0.15) is 35.4 Å². The number of aromatic nitrogens is 2. The van der Waals surface area contributed by atoms with Crippen LogP contribution in [0.5, 0.6) is 5.75 Å². The molecule has 2 aromatic heterocycles. The minimum absolute atomic E-state index is 0.0414. The van der Waals surface area contributed by atoms with Gasteiger partial charge in [-0.05, 0) is 61.9 Å². The number of ether oxygens (including phenoxy) is 1. The third kappa shape index (κ3) is 6.15. The molecule has 0 bridgehead atoms. The van der Waals surface area contributed by atoms with Crippen LogP contribution in [-0.2, 0) is 11.2 Å². The van der Waals surface area contributed by atoms with E-state index in [1.54, 1.807) is 17.4 Å². The lowest BCUT2D eigenvalue weighted by atomic mass is 9.99. The summed E-state index contributed by atoms with van der Waals surface area (Å²) >= 11 is 8.11. The van der Waals surface area contributed by atoms with Crippen molar-refractivity contribution >= 4 is 28.8 Å². The predicted molar refractivity (Wildman–Crippen MR) is 132 cm³/mol. The molecule has 8 nitrogen and oxygen atoms in total. The molecule has 10 heteroatoms. The van der Waals surface area contributed by atoms with Crippen molar-refractivity contribution in [2.45, 2.75) is 47.1 Å². The molecule has 0 fully saturated rings. The number of carbonyl (C=O) groups excluding carboxylic acids is 1. The summed E-state index contributed by atoms with van der Waals surface area (Å²) in [6.07, 6.45) is 0.0528. The van der Waals surface area contributed by atoms with E-state index in [4.69, 9.17) is 26.0 Å². The van der Waals surface area contributed by atoms with Gasteiger partial charge in [-0.3, -0.25) is 4.79 Å². The van der Waals surface area contributed by atoms with Crippen molar-refractivity contribution in [3.8, 4) is 27.9 Å². The van der Waals surface area contributed by atoms with Crippen LogP contribution in [0.3, 0.4) is 0 Å². The number of aliphatic hydroxyl groups is 2. The predicted octanol–water partition coefficient (Wildman–Crippen LogP) is 4.09. The normalized spacial score (nSPS) is 12.3. The average Bonchev–Trinajstić information content (AvgIpc) is 3.37. The Balaban J connectivity index is 1.76. The van der Waals surface area contributed by atoms with E-state index in [0.717, 1.165) is 16.9 Å². The van der Waals surface area contributed by atoms with Crippen molar-refractivity contribution < 1.29 is 24.3 Å². The van der Waals surface area contributed by atoms with Gasteiger partial charge in [0.2, 0.25) is 11.7 Å². The van der Waals surface area contributed by atoms with Gasteiger partial charge in [0.1, 0.15) is 25.1 Å². The number of nitrogens with one attached hydrogen (secondary N) is 1. The van der Waals surface area contributed by atoms with Crippen LogP contribution >= 0.6 is 22.9 Å². The molecule has 0 radical (unpaired) electrons. The van der Waals surface area contributed by atoms with Crippen LogP contribution in [0.15, 0.2) is 16.7 Å². The number of hydrogen-bond donors (Lipinski definition) is 3. The maximum absolute atomic E-state index is 11.1. The van der Waals surface area contributed by atoms with Gasteiger partial charge in [-0.1, -0.05) is 30.6 Å². The Labute approximate surface area is 207 Å². The number of halogens is 1. The first-order chi connectivity index (χ1) is 16.1. The minimum atomic E-state index is -0.955. The van der Waals surface area contributed by atoms with Crippen molar-refractivity contribution in [3.63, 3.8) is 0 Å². The highest BCUT2D eigenvalue weighted by Crippen LogP contribution is 2.38.